The molecule has 0 saturated heterocycles. The van der Waals surface area contributed by atoms with E-state index in [1.807, 2.05) is 36.4 Å². The van der Waals surface area contributed by atoms with Gasteiger partial charge < -0.3 is 4.74 Å². The van der Waals surface area contributed by atoms with Crippen molar-refractivity contribution in [3.63, 3.8) is 0 Å². The average molecular weight is 147 g/mol. The molecule has 0 unspecified atom stereocenters. The van der Waals surface area contributed by atoms with E-state index in [4.69, 9.17) is 6.11 Å². The smallest absolute Gasteiger partial charge is 0.101 e. The summed E-state index contributed by atoms with van der Waals surface area (Å²) in [7, 11) is 0. The van der Waals surface area contributed by atoms with Crippen LogP contribution in [0.5, 0.6) is 0 Å². The summed E-state index contributed by atoms with van der Waals surface area (Å²) < 4.78 is 13.2. The molecule has 1 nitrogen and oxygen atoms in total. The van der Waals surface area contributed by atoms with E-state index in [9.17, 15) is 0 Å². The van der Waals surface area contributed by atoms with Gasteiger partial charge in [0.15, 0.2) is 0 Å². The summed E-state index contributed by atoms with van der Waals surface area (Å²) in [6.07, 6.45) is 2.71. The number of hydrogen-bond donors (Lipinski definition) is 0. The predicted molar refractivity (Wildman–Crippen MR) is 44.3 cm³/mol. The molecule has 1 aromatic rings. The van der Waals surface area contributed by atoms with Crippen LogP contribution in [0.25, 0.3) is 0 Å². The molecule has 0 radical (unpaired) electrons. The van der Waals surface area contributed by atoms with Gasteiger partial charge in [-0.2, -0.15) is 0 Å². The highest BCUT2D eigenvalue weighted by molar-refractivity contribution is 5.22. The molecule has 1 heteroatoms. The fraction of sp³-hybridized carbons (Fsp3) is 0.200. The molecule has 2 rings (SSSR count). The predicted octanol–water partition coefficient (Wildman–Crippen LogP) is 2.31. The van der Waals surface area contributed by atoms with Crippen molar-refractivity contribution < 1.29 is 6.11 Å². The Balaban J connectivity index is 2.36. The normalized spacial score (nSPS) is 30.4. The van der Waals surface area contributed by atoms with Crippen LogP contribution in [0.15, 0.2) is 42.5 Å². The molecule has 11 heavy (non-hydrogen) atoms. The second-order valence-corrected chi connectivity index (χ2v) is 2.44. The van der Waals surface area contributed by atoms with E-state index in [1.54, 1.807) is 6.08 Å². The molecule has 0 N–H and O–H groups in total. The van der Waals surface area contributed by atoms with Gasteiger partial charge in [-0.15, -0.1) is 0 Å². The third kappa shape index (κ3) is 1.33. The largest absolute Gasteiger partial charge is 0.365 e. The molecule has 0 bridgehead atoms. The molecule has 56 valence electrons. The van der Waals surface area contributed by atoms with Gasteiger partial charge in [0.1, 0.15) is 6.08 Å². The van der Waals surface area contributed by atoms with Gasteiger partial charge in [-0.3, -0.25) is 0 Å². The first kappa shape index (κ1) is 5.56. The van der Waals surface area contributed by atoms with Crippen molar-refractivity contribution in [1.29, 1.82) is 0 Å². The fourth-order valence-electron chi connectivity index (χ4n) is 1.12. The summed E-state index contributed by atoms with van der Waals surface area (Å²) in [4.78, 5) is 0. The summed E-state index contributed by atoms with van der Waals surface area (Å²) in [6.45, 7) is 0.540. The van der Waals surface area contributed by atoms with Crippen LogP contribution in [0.3, 0.4) is 0 Å². The third-order valence-electron chi connectivity index (χ3n) is 1.66. The summed E-state index contributed by atoms with van der Waals surface area (Å²) in [6, 6.07) is 9.58. The molecule has 1 heterocycles. The molecular formula is C10H10O. The molecule has 0 spiro atoms. The van der Waals surface area contributed by atoms with Gasteiger partial charge in [0.25, 0.3) is 0 Å². The Labute approximate surface area is 67.7 Å². The van der Waals surface area contributed by atoms with Crippen LogP contribution in [0.2, 0.25) is 0 Å². The van der Waals surface area contributed by atoms with Gasteiger partial charge >= 0.3 is 0 Å². The molecule has 0 saturated carbocycles. The lowest BCUT2D eigenvalue weighted by Crippen LogP contribution is -1.94. The fourth-order valence-corrected chi connectivity index (χ4v) is 1.12. The van der Waals surface area contributed by atoms with Crippen LogP contribution >= 0.6 is 0 Å². The summed E-state index contributed by atoms with van der Waals surface area (Å²) in [5.41, 5.74) is 0.888. The maximum atomic E-state index is 7.91. The van der Waals surface area contributed by atoms with Crippen molar-refractivity contribution in [3.8, 4) is 0 Å². The average Bonchev–Trinajstić information content (AvgIpc) is 2.55. The van der Waals surface area contributed by atoms with Crippen molar-refractivity contribution in [2.24, 2.45) is 0 Å². The zero-order valence-corrected chi connectivity index (χ0v) is 6.16. The first-order chi connectivity index (χ1) is 5.81. The minimum atomic E-state index is -0.943. The molecule has 1 aliphatic rings. The first-order valence-corrected chi connectivity index (χ1v) is 3.68. The first-order valence-electron chi connectivity index (χ1n) is 4.18. The highest BCUT2D eigenvalue weighted by Gasteiger charge is 2.10. The number of rotatable bonds is 1. The molecule has 0 amide bonds. The lowest BCUT2D eigenvalue weighted by Gasteiger charge is -2.06. The van der Waals surface area contributed by atoms with Crippen LogP contribution in [-0.4, -0.2) is 6.61 Å². The lowest BCUT2D eigenvalue weighted by molar-refractivity contribution is 0.129. The number of ether oxygens (including phenoxy) is 1. The van der Waals surface area contributed by atoms with Gasteiger partial charge in [-0.05, 0) is 5.56 Å². The van der Waals surface area contributed by atoms with Crippen molar-refractivity contribution >= 4 is 0 Å². The molecule has 1 aliphatic heterocycles. The monoisotopic (exact) mass is 147 g/mol. The molecular weight excluding hydrogens is 136 g/mol. The van der Waals surface area contributed by atoms with Crippen LogP contribution < -0.4 is 0 Å². The third-order valence-corrected chi connectivity index (χ3v) is 1.66. The number of hydrogen-bond acceptors (Lipinski definition) is 1. The Morgan fingerprint density at radius 1 is 1.36 bits per heavy atom. The summed E-state index contributed by atoms with van der Waals surface area (Å²) in [5.74, 6) is 0. The Morgan fingerprint density at radius 2 is 2.18 bits per heavy atom. The Morgan fingerprint density at radius 3 is 2.82 bits per heavy atom. The summed E-state index contributed by atoms with van der Waals surface area (Å²) in [5, 5.41) is 0. The number of benzene rings is 1. The van der Waals surface area contributed by atoms with Crippen LogP contribution in [-0.2, 0) is 4.74 Å². The molecule has 1 atom stereocenters. The van der Waals surface area contributed by atoms with Crippen LogP contribution in [0.1, 0.15) is 13.0 Å². The maximum Gasteiger partial charge on any atom is 0.101 e. The van der Waals surface area contributed by atoms with Crippen molar-refractivity contribution in [2.45, 2.75) is 6.08 Å². The van der Waals surface area contributed by atoms with Crippen molar-refractivity contribution in [1.82, 2.24) is 0 Å². The van der Waals surface area contributed by atoms with E-state index in [1.165, 1.54) is 0 Å². The molecule has 1 aromatic carbocycles. The molecule has 0 fully saturated rings. The quantitative estimate of drug-likeness (QED) is 0.554. The van der Waals surface area contributed by atoms with E-state index in [0.29, 0.717) is 6.61 Å². The zero-order valence-electron chi connectivity index (χ0n) is 7.16. The van der Waals surface area contributed by atoms with Crippen LogP contribution in [0, 0.1) is 0 Å². The second-order valence-electron chi connectivity index (χ2n) is 2.44. The minimum absolute atomic E-state index is 0.540. The van der Waals surface area contributed by atoms with Crippen molar-refractivity contribution in [3.05, 3.63) is 48.0 Å². The zero-order chi connectivity index (χ0) is 8.44. The highest BCUT2D eigenvalue weighted by atomic mass is 16.5. The summed E-state index contributed by atoms with van der Waals surface area (Å²) >= 11 is 0. The SMILES string of the molecule is [2H][C@]1(c2ccccc2)C=CCO1. The van der Waals surface area contributed by atoms with E-state index in [2.05, 4.69) is 0 Å². The Kier molecular flexibility index (Phi) is 1.46. The molecule has 0 aliphatic carbocycles. The topological polar surface area (TPSA) is 9.23 Å². The van der Waals surface area contributed by atoms with Gasteiger partial charge in [-0.1, -0.05) is 42.5 Å². The Hall–Kier alpha value is -1.08. The highest BCUT2D eigenvalue weighted by Crippen LogP contribution is 2.21. The van der Waals surface area contributed by atoms with Gasteiger partial charge in [0.2, 0.25) is 0 Å². The lowest BCUT2D eigenvalue weighted by atomic mass is 10.1. The van der Waals surface area contributed by atoms with Crippen LogP contribution in [0.4, 0.5) is 0 Å². The second kappa shape index (κ2) is 2.89. The maximum absolute atomic E-state index is 7.91. The molecule has 0 aromatic heterocycles. The Bertz CT molecular complexity index is 294. The van der Waals surface area contributed by atoms with E-state index in [0.717, 1.165) is 5.56 Å². The van der Waals surface area contributed by atoms with Gasteiger partial charge in [0.05, 0.1) is 7.98 Å². The van der Waals surface area contributed by atoms with E-state index >= 15 is 0 Å². The minimum Gasteiger partial charge on any atom is -0.365 e. The van der Waals surface area contributed by atoms with E-state index in [-0.39, 0.29) is 0 Å². The van der Waals surface area contributed by atoms with Gasteiger partial charge in [0, 0.05) is 0 Å². The standard InChI is InChI=1S/C10H10O/c1-2-5-9(6-3-1)10-7-4-8-11-10/h1-7,10H,8H2/t10-/m1/s1/i10D. The van der Waals surface area contributed by atoms with Crippen molar-refractivity contribution in [2.75, 3.05) is 6.61 Å². The van der Waals surface area contributed by atoms with Gasteiger partial charge in [-0.25, -0.2) is 0 Å². The van der Waals surface area contributed by atoms with E-state index < -0.39 is 6.08 Å².